The van der Waals surface area contributed by atoms with Gasteiger partial charge in [0.15, 0.2) is 0 Å². The van der Waals surface area contributed by atoms with E-state index < -0.39 is 0 Å². The lowest BCUT2D eigenvalue weighted by molar-refractivity contribution is -0.135. The van der Waals surface area contributed by atoms with Gasteiger partial charge in [-0.2, -0.15) is 0 Å². The normalized spacial score (nSPS) is 20.0. The van der Waals surface area contributed by atoms with Gasteiger partial charge in [0.1, 0.15) is 11.4 Å². The van der Waals surface area contributed by atoms with Crippen molar-refractivity contribution in [2.24, 2.45) is 0 Å². The minimum Gasteiger partial charge on any atom is -0.487 e. The van der Waals surface area contributed by atoms with Crippen molar-refractivity contribution in [1.29, 1.82) is 0 Å². The number of carbonyl (C=O) groups excluding carboxylic acids is 1. The number of ether oxygens (including phenoxy) is 1. The molecule has 3 rings (SSSR count). The molecule has 0 N–H and O–H groups in total. The highest BCUT2D eigenvalue weighted by Crippen LogP contribution is 2.39. The highest BCUT2D eigenvalue weighted by Gasteiger charge is 2.40. The number of benzene rings is 1. The lowest BCUT2D eigenvalue weighted by Gasteiger charge is -2.44. The Kier molecular flexibility index (Phi) is 4.53. The summed E-state index contributed by atoms with van der Waals surface area (Å²) in [6.07, 6.45) is 5.66. The number of likely N-dealkylation sites (tertiary alicyclic amines) is 1. The summed E-state index contributed by atoms with van der Waals surface area (Å²) in [5.41, 5.74) is 1.28. The number of nitrogens with zero attached hydrogens (tertiary/aromatic N) is 1. The maximum Gasteiger partial charge on any atom is 0.222 e. The lowest BCUT2D eigenvalue weighted by atomic mass is 9.83. The van der Waals surface area contributed by atoms with Crippen LogP contribution in [0.1, 0.15) is 37.7 Å². The van der Waals surface area contributed by atoms with Gasteiger partial charge in [-0.1, -0.05) is 34.1 Å². The SMILES string of the molecule is O=C(CCCBr)N1CCC2(CCc3ccccc3O2)CC1. The van der Waals surface area contributed by atoms with E-state index in [4.69, 9.17) is 4.74 Å². The summed E-state index contributed by atoms with van der Waals surface area (Å²) in [7, 11) is 0. The molecule has 0 aromatic heterocycles. The molecule has 0 unspecified atom stereocenters. The van der Waals surface area contributed by atoms with Crippen LogP contribution < -0.4 is 4.74 Å². The molecule has 1 aromatic rings. The molecule has 2 aliphatic heterocycles. The van der Waals surface area contributed by atoms with Crippen molar-refractivity contribution in [3.8, 4) is 5.75 Å². The molecular weight excluding hydrogens is 330 g/mol. The zero-order valence-electron chi connectivity index (χ0n) is 12.3. The highest BCUT2D eigenvalue weighted by molar-refractivity contribution is 9.09. The van der Waals surface area contributed by atoms with Gasteiger partial charge in [0.05, 0.1) is 0 Å². The second-order valence-corrected chi connectivity index (χ2v) is 6.86. The monoisotopic (exact) mass is 351 g/mol. The van der Waals surface area contributed by atoms with Gasteiger partial charge in [-0.15, -0.1) is 0 Å². The number of fused-ring (bicyclic) bond motifs is 1. The van der Waals surface area contributed by atoms with Crippen molar-refractivity contribution >= 4 is 21.8 Å². The summed E-state index contributed by atoms with van der Waals surface area (Å²) in [6, 6.07) is 8.34. The number of amides is 1. The van der Waals surface area contributed by atoms with E-state index in [0.29, 0.717) is 12.3 Å². The van der Waals surface area contributed by atoms with Gasteiger partial charge in [0.2, 0.25) is 5.91 Å². The second-order valence-electron chi connectivity index (χ2n) is 6.07. The maximum atomic E-state index is 12.1. The predicted octanol–water partition coefficient (Wildman–Crippen LogP) is 3.55. The minimum atomic E-state index is -0.0411. The van der Waals surface area contributed by atoms with Crippen LogP contribution in [0, 0.1) is 0 Å². The van der Waals surface area contributed by atoms with Crippen molar-refractivity contribution in [3.05, 3.63) is 29.8 Å². The molecule has 1 fully saturated rings. The summed E-state index contributed by atoms with van der Waals surface area (Å²) in [6.45, 7) is 1.67. The Hall–Kier alpha value is -1.03. The first-order chi connectivity index (χ1) is 10.2. The van der Waals surface area contributed by atoms with Crippen LogP contribution in [0.4, 0.5) is 0 Å². The zero-order valence-corrected chi connectivity index (χ0v) is 13.9. The summed E-state index contributed by atoms with van der Waals surface area (Å²) in [5, 5.41) is 0.899. The smallest absolute Gasteiger partial charge is 0.222 e. The fourth-order valence-corrected chi connectivity index (χ4v) is 3.63. The first-order valence-electron chi connectivity index (χ1n) is 7.83. The van der Waals surface area contributed by atoms with Crippen molar-refractivity contribution in [3.63, 3.8) is 0 Å². The molecule has 0 saturated carbocycles. The van der Waals surface area contributed by atoms with E-state index in [1.54, 1.807) is 0 Å². The topological polar surface area (TPSA) is 29.5 Å². The van der Waals surface area contributed by atoms with Crippen LogP contribution in [0.15, 0.2) is 24.3 Å². The van der Waals surface area contributed by atoms with E-state index in [9.17, 15) is 4.79 Å². The third-order valence-corrected chi connectivity index (χ3v) is 5.26. The largest absolute Gasteiger partial charge is 0.487 e. The van der Waals surface area contributed by atoms with Gasteiger partial charge in [-0.25, -0.2) is 0 Å². The van der Waals surface area contributed by atoms with Gasteiger partial charge in [-0.3, -0.25) is 4.79 Å². The second kappa shape index (κ2) is 6.39. The van der Waals surface area contributed by atoms with Crippen LogP contribution in [0.25, 0.3) is 0 Å². The summed E-state index contributed by atoms with van der Waals surface area (Å²) >= 11 is 3.38. The summed E-state index contributed by atoms with van der Waals surface area (Å²) < 4.78 is 6.32. The third-order valence-electron chi connectivity index (χ3n) is 4.70. The van der Waals surface area contributed by atoms with Crippen molar-refractivity contribution in [2.75, 3.05) is 18.4 Å². The number of halogens is 1. The molecule has 1 amide bonds. The van der Waals surface area contributed by atoms with Crippen LogP contribution in [0.3, 0.4) is 0 Å². The van der Waals surface area contributed by atoms with E-state index in [0.717, 1.165) is 56.3 Å². The average molecular weight is 352 g/mol. The standard InChI is InChI=1S/C17H22BrNO2/c18-11-3-6-16(20)19-12-9-17(10-13-19)8-7-14-4-1-2-5-15(14)21-17/h1-2,4-5H,3,6-13H2. The van der Waals surface area contributed by atoms with Crippen molar-refractivity contribution in [2.45, 2.75) is 44.1 Å². The number of piperidine rings is 1. The van der Waals surface area contributed by atoms with E-state index in [-0.39, 0.29) is 5.60 Å². The first-order valence-corrected chi connectivity index (χ1v) is 8.95. The molecule has 21 heavy (non-hydrogen) atoms. The molecule has 114 valence electrons. The van der Waals surface area contributed by atoms with Crippen molar-refractivity contribution in [1.82, 2.24) is 4.90 Å². The minimum absolute atomic E-state index is 0.0411. The molecule has 0 bridgehead atoms. The Labute approximate surface area is 134 Å². The number of hydrogen-bond acceptors (Lipinski definition) is 2. The number of rotatable bonds is 3. The Balaban J connectivity index is 1.60. The third kappa shape index (κ3) is 3.25. The predicted molar refractivity (Wildman–Crippen MR) is 87.0 cm³/mol. The Morgan fingerprint density at radius 1 is 1.24 bits per heavy atom. The molecule has 1 saturated heterocycles. The quantitative estimate of drug-likeness (QED) is 0.779. The molecule has 0 atom stereocenters. The first kappa shape index (κ1) is 14.9. The van der Waals surface area contributed by atoms with E-state index >= 15 is 0 Å². The molecule has 2 heterocycles. The van der Waals surface area contributed by atoms with Crippen molar-refractivity contribution < 1.29 is 9.53 Å². The molecule has 0 aliphatic carbocycles. The summed E-state index contributed by atoms with van der Waals surface area (Å²) in [4.78, 5) is 14.1. The van der Waals surface area contributed by atoms with Gasteiger partial charge in [-0.05, 0) is 30.9 Å². The van der Waals surface area contributed by atoms with Gasteiger partial charge >= 0.3 is 0 Å². The van der Waals surface area contributed by atoms with E-state index in [1.807, 2.05) is 11.0 Å². The van der Waals surface area contributed by atoms with Crippen LogP contribution in [0.2, 0.25) is 0 Å². The van der Waals surface area contributed by atoms with E-state index in [2.05, 4.69) is 34.1 Å². The number of aryl methyl sites for hydroxylation is 1. The Morgan fingerprint density at radius 3 is 2.76 bits per heavy atom. The number of carbonyl (C=O) groups is 1. The molecule has 4 heteroatoms. The molecule has 1 aromatic carbocycles. The maximum absolute atomic E-state index is 12.1. The number of para-hydroxylation sites is 1. The van der Waals surface area contributed by atoms with Crippen LogP contribution in [0.5, 0.6) is 5.75 Å². The average Bonchev–Trinajstić information content (AvgIpc) is 2.53. The zero-order chi connectivity index (χ0) is 14.7. The lowest BCUT2D eigenvalue weighted by Crippen LogP contribution is -2.51. The molecule has 1 spiro atoms. The van der Waals surface area contributed by atoms with Crippen LogP contribution in [-0.2, 0) is 11.2 Å². The molecule has 3 nitrogen and oxygen atoms in total. The Morgan fingerprint density at radius 2 is 2.00 bits per heavy atom. The fraction of sp³-hybridized carbons (Fsp3) is 0.588. The van der Waals surface area contributed by atoms with Gasteiger partial charge in [0, 0.05) is 37.7 Å². The molecular formula is C17H22BrNO2. The number of hydrogen-bond donors (Lipinski definition) is 0. The van der Waals surface area contributed by atoms with Crippen LogP contribution in [-0.4, -0.2) is 34.8 Å². The van der Waals surface area contributed by atoms with Gasteiger partial charge < -0.3 is 9.64 Å². The highest BCUT2D eigenvalue weighted by atomic mass is 79.9. The summed E-state index contributed by atoms with van der Waals surface area (Å²) in [5.74, 6) is 1.34. The van der Waals surface area contributed by atoms with E-state index in [1.165, 1.54) is 5.56 Å². The van der Waals surface area contributed by atoms with Crippen LogP contribution >= 0.6 is 15.9 Å². The number of alkyl halides is 1. The molecule has 0 radical (unpaired) electrons. The fourth-order valence-electron chi connectivity index (χ4n) is 3.35. The molecule has 2 aliphatic rings. The Bertz CT molecular complexity index is 509. The van der Waals surface area contributed by atoms with Gasteiger partial charge in [0.25, 0.3) is 0 Å².